The minimum absolute atomic E-state index is 0.0734. The average Bonchev–Trinajstić information content (AvgIpc) is 3.58. The Bertz CT molecular complexity index is 1600. The number of aryl methyl sites for hydroxylation is 2. The Balaban J connectivity index is 1.35. The summed E-state index contributed by atoms with van der Waals surface area (Å²) in [5.41, 5.74) is 6.31. The molecular formula is C26H23N5O3. The van der Waals surface area contributed by atoms with E-state index in [9.17, 15) is 9.59 Å². The molecular weight excluding hydrogens is 430 g/mol. The Morgan fingerprint density at radius 1 is 1.03 bits per heavy atom. The Labute approximate surface area is 195 Å². The number of benzene rings is 2. The fraction of sp³-hybridized carbons (Fsp3) is 0.192. The van der Waals surface area contributed by atoms with Crippen LogP contribution in [0.1, 0.15) is 22.4 Å². The monoisotopic (exact) mass is 453 g/mol. The van der Waals surface area contributed by atoms with Gasteiger partial charge >= 0.3 is 5.76 Å². The lowest BCUT2D eigenvalue weighted by molar-refractivity contribution is -0.132. The molecule has 0 N–H and O–H groups in total. The van der Waals surface area contributed by atoms with Crippen molar-refractivity contribution in [3.05, 3.63) is 99.9 Å². The molecule has 0 fully saturated rings. The van der Waals surface area contributed by atoms with Gasteiger partial charge in [-0.25, -0.2) is 9.48 Å². The van der Waals surface area contributed by atoms with Crippen LogP contribution in [0.2, 0.25) is 0 Å². The summed E-state index contributed by atoms with van der Waals surface area (Å²) in [5, 5.41) is 4.92. The minimum Gasteiger partial charge on any atom is -0.408 e. The first kappa shape index (κ1) is 20.3. The van der Waals surface area contributed by atoms with Crippen molar-refractivity contribution in [3.8, 4) is 11.5 Å². The van der Waals surface area contributed by atoms with Crippen molar-refractivity contribution < 1.29 is 9.21 Å². The predicted molar refractivity (Wildman–Crippen MR) is 127 cm³/mol. The standard InChI is InChI=1S/C26H23N5O3/c1-17-9-10-21(18(2)13-17)31-25(28-11-5-6-12-28)19-14-29(15-20(19)27-31)24(32)16-30-22-7-3-4-8-23(22)34-26(30)33/h3-13H,14-16H2,1-2H3. The molecule has 6 rings (SSSR count). The molecule has 0 atom stereocenters. The number of oxazole rings is 1. The molecule has 5 aromatic rings. The molecule has 1 amide bonds. The van der Waals surface area contributed by atoms with E-state index in [0.717, 1.165) is 28.3 Å². The van der Waals surface area contributed by atoms with Gasteiger partial charge in [-0.15, -0.1) is 0 Å². The number of carbonyl (C=O) groups is 1. The Morgan fingerprint density at radius 3 is 2.62 bits per heavy atom. The van der Waals surface area contributed by atoms with Crippen LogP contribution in [0.5, 0.6) is 0 Å². The van der Waals surface area contributed by atoms with Crippen molar-refractivity contribution in [2.75, 3.05) is 0 Å². The summed E-state index contributed by atoms with van der Waals surface area (Å²) in [5.74, 6) is 0.246. The molecule has 0 saturated heterocycles. The van der Waals surface area contributed by atoms with Crippen molar-refractivity contribution in [1.82, 2.24) is 23.8 Å². The zero-order chi connectivity index (χ0) is 23.4. The second kappa shape index (κ2) is 7.62. The first-order valence-electron chi connectivity index (χ1n) is 11.2. The predicted octanol–water partition coefficient (Wildman–Crippen LogP) is 3.73. The van der Waals surface area contributed by atoms with Gasteiger partial charge in [-0.2, -0.15) is 5.10 Å². The Morgan fingerprint density at radius 2 is 1.82 bits per heavy atom. The van der Waals surface area contributed by atoms with Crippen LogP contribution < -0.4 is 5.76 Å². The van der Waals surface area contributed by atoms with E-state index in [1.54, 1.807) is 23.1 Å². The highest BCUT2D eigenvalue weighted by Crippen LogP contribution is 2.31. The van der Waals surface area contributed by atoms with E-state index in [0.29, 0.717) is 24.2 Å². The summed E-state index contributed by atoms with van der Waals surface area (Å²) < 4.78 is 10.7. The molecule has 8 heteroatoms. The quantitative estimate of drug-likeness (QED) is 0.415. The minimum atomic E-state index is -0.528. The molecule has 0 spiro atoms. The molecule has 34 heavy (non-hydrogen) atoms. The van der Waals surface area contributed by atoms with Gasteiger partial charge in [0.15, 0.2) is 5.58 Å². The molecule has 170 valence electrons. The first-order valence-corrected chi connectivity index (χ1v) is 11.2. The van der Waals surface area contributed by atoms with Gasteiger partial charge in [0, 0.05) is 18.0 Å². The summed E-state index contributed by atoms with van der Waals surface area (Å²) in [6.07, 6.45) is 3.97. The van der Waals surface area contributed by atoms with Crippen LogP contribution in [0, 0.1) is 13.8 Å². The van der Waals surface area contributed by atoms with E-state index in [1.165, 1.54) is 10.1 Å². The molecule has 8 nitrogen and oxygen atoms in total. The maximum Gasteiger partial charge on any atom is 0.420 e. The van der Waals surface area contributed by atoms with Gasteiger partial charge in [0.25, 0.3) is 0 Å². The van der Waals surface area contributed by atoms with Crippen molar-refractivity contribution in [2.24, 2.45) is 0 Å². The number of amides is 1. The molecule has 0 aliphatic carbocycles. The van der Waals surface area contributed by atoms with Crippen molar-refractivity contribution in [2.45, 2.75) is 33.5 Å². The van der Waals surface area contributed by atoms with Gasteiger partial charge in [0.1, 0.15) is 12.4 Å². The van der Waals surface area contributed by atoms with Gasteiger partial charge < -0.3 is 13.9 Å². The fourth-order valence-corrected chi connectivity index (χ4v) is 4.73. The van der Waals surface area contributed by atoms with Gasteiger partial charge in [-0.3, -0.25) is 9.36 Å². The van der Waals surface area contributed by atoms with Crippen LogP contribution in [-0.2, 0) is 24.4 Å². The van der Waals surface area contributed by atoms with Crippen molar-refractivity contribution in [1.29, 1.82) is 0 Å². The van der Waals surface area contributed by atoms with Crippen LogP contribution in [-0.4, -0.2) is 29.7 Å². The smallest absolute Gasteiger partial charge is 0.408 e. The van der Waals surface area contributed by atoms with E-state index in [4.69, 9.17) is 9.52 Å². The summed E-state index contributed by atoms with van der Waals surface area (Å²) in [7, 11) is 0. The molecule has 0 unspecified atom stereocenters. The highest BCUT2D eigenvalue weighted by Gasteiger charge is 2.32. The van der Waals surface area contributed by atoms with Gasteiger partial charge in [-0.05, 0) is 49.7 Å². The molecule has 4 heterocycles. The lowest BCUT2D eigenvalue weighted by Crippen LogP contribution is -2.32. The van der Waals surface area contributed by atoms with E-state index in [2.05, 4.69) is 32.0 Å². The van der Waals surface area contributed by atoms with Crippen LogP contribution in [0.4, 0.5) is 0 Å². The number of hydrogen-bond acceptors (Lipinski definition) is 4. The first-order chi connectivity index (χ1) is 16.5. The van der Waals surface area contributed by atoms with Gasteiger partial charge in [0.05, 0.1) is 30.0 Å². The van der Waals surface area contributed by atoms with E-state index in [1.807, 2.05) is 39.8 Å². The van der Waals surface area contributed by atoms with Crippen LogP contribution >= 0.6 is 0 Å². The van der Waals surface area contributed by atoms with E-state index < -0.39 is 5.76 Å². The molecule has 3 aromatic heterocycles. The third-order valence-corrected chi connectivity index (χ3v) is 6.38. The maximum atomic E-state index is 13.2. The largest absolute Gasteiger partial charge is 0.420 e. The molecule has 1 aliphatic heterocycles. The molecule has 0 saturated carbocycles. The number of para-hydroxylation sites is 2. The normalized spacial score (nSPS) is 13.1. The van der Waals surface area contributed by atoms with Crippen molar-refractivity contribution >= 4 is 17.0 Å². The number of hydrogen-bond donors (Lipinski definition) is 0. The average molecular weight is 454 g/mol. The maximum absolute atomic E-state index is 13.2. The van der Waals surface area contributed by atoms with Gasteiger partial charge in [-0.1, -0.05) is 29.8 Å². The zero-order valence-electron chi connectivity index (χ0n) is 18.9. The number of aromatic nitrogens is 4. The summed E-state index contributed by atoms with van der Waals surface area (Å²) in [4.78, 5) is 27.3. The lowest BCUT2D eigenvalue weighted by Gasteiger charge is -2.18. The topological polar surface area (TPSA) is 78.2 Å². The van der Waals surface area contributed by atoms with Crippen LogP contribution in [0.15, 0.2) is 76.2 Å². The van der Waals surface area contributed by atoms with E-state index in [-0.39, 0.29) is 12.5 Å². The number of nitrogens with zero attached hydrogens (tertiary/aromatic N) is 5. The molecule has 0 radical (unpaired) electrons. The third-order valence-electron chi connectivity index (χ3n) is 6.38. The van der Waals surface area contributed by atoms with Crippen LogP contribution in [0.3, 0.4) is 0 Å². The summed E-state index contributed by atoms with van der Waals surface area (Å²) >= 11 is 0. The lowest BCUT2D eigenvalue weighted by atomic mass is 10.1. The fourth-order valence-electron chi connectivity index (χ4n) is 4.73. The second-order valence-corrected chi connectivity index (χ2v) is 8.71. The van der Waals surface area contributed by atoms with E-state index >= 15 is 0 Å². The summed E-state index contributed by atoms with van der Waals surface area (Å²) in [6, 6.07) is 17.4. The number of fused-ring (bicyclic) bond motifs is 2. The SMILES string of the molecule is Cc1ccc(-n2nc3c(c2-n2cccc2)CN(C(=O)Cn2c(=O)oc4ccccc42)C3)c(C)c1. The van der Waals surface area contributed by atoms with Crippen molar-refractivity contribution in [3.63, 3.8) is 0 Å². The van der Waals surface area contributed by atoms with Crippen LogP contribution in [0.25, 0.3) is 22.6 Å². The number of rotatable bonds is 4. The number of carbonyl (C=O) groups excluding carboxylic acids is 1. The molecule has 2 aromatic carbocycles. The second-order valence-electron chi connectivity index (χ2n) is 8.71. The molecule has 0 bridgehead atoms. The highest BCUT2D eigenvalue weighted by molar-refractivity contribution is 5.80. The third kappa shape index (κ3) is 3.18. The van der Waals surface area contributed by atoms with Gasteiger partial charge in [0.2, 0.25) is 5.91 Å². The zero-order valence-corrected chi connectivity index (χ0v) is 18.9. The highest BCUT2D eigenvalue weighted by atomic mass is 16.4. The Kier molecular flexibility index (Phi) is 4.55. The Hall–Kier alpha value is -4.33. The summed E-state index contributed by atoms with van der Waals surface area (Å²) in [6.45, 7) is 4.90. The molecule has 1 aliphatic rings.